The van der Waals surface area contributed by atoms with Gasteiger partial charge in [-0.2, -0.15) is 4.72 Å². The summed E-state index contributed by atoms with van der Waals surface area (Å²) in [6.07, 6.45) is 3.14. The predicted molar refractivity (Wildman–Crippen MR) is 95.6 cm³/mol. The van der Waals surface area contributed by atoms with Crippen LogP contribution in [0.15, 0.2) is 53.4 Å². The summed E-state index contributed by atoms with van der Waals surface area (Å²) in [5.74, 6) is 0. The molecular formula is C18H21N3O2S. The summed E-state index contributed by atoms with van der Waals surface area (Å²) in [5, 5.41) is 3.29. The molecule has 0 saturated carbocycles. The van der Waals surface area contributed by atoms with E-state index in [1.807, 2.05) is 42.5 Å². The number of piperidine rings is 1. The smallest absolute Gasteiger partial charge is 0.244 e. The standard InChI is InChI=1S/C18H21N3O2S/c22-24(23)17-13-15(21-11-5-2-6-12-21)9-10-16(17)19-18(20-24)14-7-3-1-4-8-14/h1,3-4,7-10,13,18-20H,2,5-6,11-12H2. The van der Waals surface area contributed by atoms with Crippen molar-refractivity contribution in [3.05, 3.63) is 54.1 Å². The molecule has 0 amide bonds. The molecule has 24 heavy (non-hydrogen) atoms. The zero-order valence-electron chi connectivity index (χ0n) is 13.4. The highest BCUT2D eigenvalue weighted by Gasteiger charge is 2.30. The van der Waals surface area contributed by atoms with E-state index in [0.717, 1.165) is 37.2 Å². The minimum absolute atomic E-state index is 0.331. The summed E-state index contributed by atoms with van der Waals surface area (Å²) >= 11 is 0. The maximum absolute atomic E-state index is 12.7. The molecule has 2 heterocycles. The van der Waals surface area contributed by atoms with Crippen molar-refractivity contribution < 1.29 is 8.42 Å². The number of benzene rings is 2. The van der Waals surface area contributed by atoms with E-state index in [1.54, 1.807) is 6.07 Å². The second kappa shape index (κ2) is 6.11. The molecule has 0 aliphatic carbocycles. The molecule has 1 saturated heterocycles. The van der Waals surface area contributed by atoms with Gasteiger partial charge < -0.3 is 10.2 Å². The number of hydrogen-bond acceptors (Lipinski definition) is 4. The molecule has 1 unspecified atom stereocenters. The van der Waals surface area contributed by atoms with Crippen LogP contribution in [0.2, 0.25) is 0 Å². The van der Waals surface area contributed by atoms with Crippen molar-refractivity contribution in [1.82, 2.24) is 4.72 Å². The normalized spacial score (nSPS) is 22.5. The lowest BCUT2D eigenvalue weighted by Gasteiger charge is -2.32. The van der Waals surface area contributed by atoms with Crippen molar-refractivity contribution in [2.75, 3.05) is 23.3 Å². The predicted octanol–water partition coefficient (Wildman–Crippen LogP) is 3.08. The summed E-state index contributed by atoms with van der Waals surface area (Å²) in [5.41, 5.74) is 2.54. The molecule has 2 aliphatic heterocycles. The van der Waals surface area contributed by atoms with Crippen LogP contribution < -0.4 is 14.9 Å². The van der Waals surface area contributed by atoms with Crippen LogP contribution in [0.5, 0.6) is 0 Å². The van der Waals surface area contributed by atoms with Gasteiger partial charge in [-0.1, -0.05) is 30.3 Å². The summed E-state index contributed by atoms with van der Waals surface area (Å²) < 4.78 is 28.2. The van der Waals surface area contributed by atoms with E-state index >= 15 is 0 Å². The van der Waals surface area contributed by atoms with Crippen LogP contribution >= 0.6 is 0 Å². The number of sulfonamides is 1. The Balaban J connectivity index is 1.68. The first-order chi connectivity index (χ1) is 11.6. The van der Waals surface area contributed by atoms with Gasteiger partial charge in [-0.15, -0.1) is 0 Å². The summed E-state index contributed by atoms with van der Waals surface area (Å²) in [6.45, 7) is 1.98. The fourth-order valence-corrected chi connectivity index (χ4v) is 4.73. The lowest BCUT2D eigenvalue weighted by Crippen LogP contribution is -2.38. The van der Waals surface area contributed by atoms with Crippen LogP contribution in [0.25, 0.3) is 0 Å². The Morgan fingerprint density at radius 3 is 2.46 bits per heavy atom. The first-order valence-electron chi connectivity index (χ1n) is 8.36. The SMILES string of the molecule is O=S1(=O)NC(c2ccccc2)Nc2ccc(N3CCCCC3)cc21. The van der Waals surface area contributed by atoms with E-state index in [0.29, 0.717) is 10.6 Å². The highest BCUT2D eigenvalue weighted by Crippen LogP contribution is 2.34. The van der Waals surface area contributed by atoms with Crippen LogP contribution in [-0.4, -0.2) is 21.5 Å². The molecule has 0 radical (unpaired) electrons. The molecule has 1 atom stereocenters. The average Bonchev–Trinajstić information content (AvgIpc) is 2.62. The van der Waals surface area contributed by atoms with Crippen LogP contribution in [0.1, 0.15) is 31.0 Å². The Kier molecular flexibility index (Phi) is 3.94. The second-order valence-corrected chi connectivity index (χ2v) is 8.02. The van der Waals surface area contributed by atoms with Crippen molar-refractivity contribution in [3.8, 4) is 0 Å². The number of nitrogens with one attached hydrogen (secondary N) is 2. The van der Waals surface area contributed by atoms with Crippen LogP contribution in [0.4, 0.5) is 11.4 Å². The molecule has 0 spiro atoms. The van der Waals surface area contributed by atoms with Crippen LogP contribution in [0.3, 0.4) is 0 Å². The van der Waals surface area contributed by atoms with Crippen molar-refractivity contribution >= 4 is 21.4 Å². The Labute approximate surface area is 142 Å². The van der Waals surface area contributed by atoms with Crippen molar-refractivity contribution in [3.63, 3.8) is 0 Å². The van der Waals surface area contributed by atoms with Gasteiger partial charge in [0.15, 0.2) is 0 Å². The van der Waals surface area contributed by atoms with E-state index in [4.69, 9.17) is 0 Å². The highest BCUT2D eigenvalue weighted by atomic mass is 32.2. The van der Waals surface area contributed by atoms with Crippen LogP contribution in [-0.2, 0) is 10.0 Å². The van der Waals surface area contributed by atoms with E-state index in [-0.39, 0.29) is 0 Å². The third-order valence-corrected chi connectivity index (χ3v) is 6.14. The Bertz CT molecular complexity index is 831. The molecule has 2 aromatic rings. The zero-order valence-corrected chi connectivity index (χ0v) is 14.2. The van der Waals surface area contributed by atoms with Crippen molar-refractivity contribution in [2.45, 2.75) is 30.3 Å². The first-order valence-corrected chi connectivity index (χ1v) is 9.85. The molecular weight excluding hydrogens is 322 g/mol. The van der Waals surface area contributed by atoms with E-state index in [1.165, 1.54) is 6.42 Å². The Hall–Kier alpha value is -2.05. The number of nitrogens with zero attached hydrogens (tertiary/aromatic N) is 1. The topological polar surface area (TPSA) is 61.4 Å². The maximum Gasteiger partial charge on any atom is 0.244 e. The van der Waals surface area contributed by atoms with E-state index in [9.17, 15) is 8.42 Å². The number of hydrogen-bond donors (Lipinski definition) is 2. The minimum Gasteiger partial charge on any atom is -0.372 e. The Morgan fingerprint density at radius 1 is 0.958 bits per heavy atom. The third kappa shape index (κ3) is 2.87. The lowest BCUT2D eigenvalue weighted by molar-refractivity contribution is 0.561. The monoisotopic (exact) mass is 343 g/mol. The molecule has 126 valence electrons. The van der Waals surface area contributed by atoms with Crippen LogP contribution in [0, 0.1) is 0 Å². The van der Waals surface area contributed by atoms with Crippen molar-refractivity contribution in [1.29, 1.82) is 0 Å². The summed E-state index contributed by atoms with van der Waals surface area (Å²) in [4.78, 5) is 2.60. The lowest BCUT2D eigenvalue weighted by atomic mass is 10.1. The fraction of sp³-hybridized carbons (Fsp3) is 0.333. The van der Waals surface area contributed by atoms with Gasteiger partial charge in [0.1, 0.15) is 11.1 Å². The molecule has 6 heteroatoms. The summed E-state index contributed by atoms with van der Waals surface area (Å²) in [7, 11) is -3.54. The van der Waals surface area contributed by atoms with Gasteiger partial charge in [0.2, 0.25) is 10.0 Å². The molecule has 2 aromatic carbocycles. The second-order valence-electron chi connectivity index (χ2n) is 6.34. The maximum atomic E-state index is 12.7. The molecule has 5 nitrogen and oxygen atoms in total. The fourth-order valence-electron chi connectivity index (χ4n) is 3.40. The number of fused-ring (bicyclic) bond motifs is 1. The zero-order chi connectivity index (χ0) is 16.6. The molecule has 4 rings (SSSR count). The van der Waals surface area contributed by atoms with Gasteiger partial charge >= 0.3 is 0 Å². The third-order valence-electron chi connectivity index (χ3n) is 4.68. The van der Waals surface area contributed by atoms with Gasteiger partial charge in [0, 0.05) is 18.8 Å². The Morgan fingerprint density at radius 2 is 1.71 bits per heavy atom. The summed E-state index contributed by atoms with van der Waals surface area (Å²) in [6, 6.07) is 15.2. The highest BCUT2D eigenvalue weighted by molar-refractivity contribution is 7.89. The first kappa shape index (κ1) is 15.5. The molecule has 2 aliphatic rings. The van der Waals surface area contributed by atoms with E-state index in [2.05, 4.69) is 14.9 Å². The molecule has 2 N–H and O–H groups in total. The minimum atomic E-state index is -3.54. The quantitative estimate of drug-likeness (QED) is 0.880. The van der Waals surface area contributed by atoms with Gasteiger partial charge in [-0.3, -0.25) is 0 Å². The molecule has 0 bridgehead atoms. The number of rotatable bonds is 2. The van der Waals surface area contributed by atoms with Gasteiger partial charge in [0.05, 0.1) is 5.69 Å². The number of anilines is 2. The molecule has 0 aromatic heterocycles. The molecule has 1 fully saturated rings. The van der Waals surface area contributed by atoms with Gasteiger partial charge in [-0.25, -0.2) is 8.42 Å². The van der Waals surface area contributed by atoms with Gasteiger partial charge in [-0.05, 0) is 43.0 Å². The van der Waals surface area contributed by atoms with Gasteiger partial charge in [0.25, 0.3) is 0 Å². The largest absolute Gasteiger partial charge is 0.372 e. The average molecular weight is 343 g/mol. The van der Waals surface area contributed by atoms with Crippen molar-refractivity contribution in [2.24, 2.45) is 0 Å². The van der Waals surface area contributed by atoms with E-state index < -0.39 is 16.2 Å².